The number of H-pyrrole nitrogens is 1. The Hall–Kier alpha value is -3.25. The predicted octanol–water partition coefficient (Wildman–Crippen LogP) is 4.50. The Kier molecular flexibility index (Phi) is 5.86. The molecule has 6 heteroatoms. The van der Waals surface area contributed by atoms with Gasteiger partial charge in [0.1, 0.15) is 6.67 Å². The van der Waals surface area contributed by atoms with E-state index in [1.165, 1.54) is 0 Å². The standard InChI is InChI=1S/C26H27FN4O/c27-12-15-30-13-5-14-31(17-16-30)20-11-10-19-6-4-9-23(28-24(19)18-20)25-21-7-2-1-3-8-22(21)29-26(25)32/h1-4,6-8,10-11,18H,5,9,12-17H2,(H,29,32). The van der Waals surface area contributed by atoms with Gasteiger partial charge in [0, 0.05) is 49.5 Å². The Morgan fingerprint density at radius 2 is 1.94 bits per heavy atom. The molecule has 1 N–H and O–H groups in total. The maximum atomic E-state index is 12.8. The normalized spacial score (nSPS) is 17.0. The van der Waals surface area contributed by atoms with Gasteiger partial charge in [-0.1, -0.05) is 42.5 Å². The SMILES string of the molecule is O=c1[nH]c2cccccc-2c1C1=Nc2cc(N3CCCN(CCF)CC3)ccc2C=CC1. The Balaban J connectivity index is 1.49. The number of nitrogens with one attached hydrogen (secondary N) is 1. The van der Waals surface area contributed by atoms with Crippen molar-refractivity contribution in [2.75, 3.05) is 44.3 Å². The van der Waals surface area contributed by atoms with Gasteiger partial charge in [-0.25, -0.2) is 4.39 Å². The summed E-state index contributed by atoms with van der Waals surface area (Å²) < 4.78 is 12.8. The average Bonchev–Trinajstić information content (AvgIpc) is 3.08. The largest absolute Gasteiger partial charge is 0.370 e. The minimum atomic E-state index is -0.295. The van der Waals surface area contributed by atoms with E-state index >= 15 is 0 Å². The first kappa shape index (κ1) is 20.6. The van der Waals surface area contributed by atoms with Crippen LogP contribution in [0.4, 0.5) is 15.8 Å². The molecule has 1 aromatic carbocycles. The molecule has 0 amide bonds. The molecular formula is C26H27FN4O. The zero-order chi connectivity index (χ0) is 21.9. The summed E-state index contributed by atoms with van der Waals surface area (Å²) in [6, 6.07) is 16.1. The summed E-state index contributed by atoms with van der Waals surface area (Å²) in [5, 5.41) is 0. The van der Waals surface area contributed by atoms with E-state index in [2.05, 4.69) is 45.1 Å². The molecule has 0 bridgehead atoms. The van der Waals surface area contributed by atoms with Gasteiger partial charge in [-0.3, -0.25) is 14.7 Å². The molecule has 1 aromatic rings. The molecule has 5 rings (SSSR count). The molecule has 0 saturated carbocycles. The fraction of sp³-hybridized carbons (Fsp3) is 0.308. The predicted molar refractivity (Wildman–Crippen MR) is 129 cm³/mol. The van der Waals surface area contributed by atoms with Gasteiger partial charge in [-0.15, -0.1) is 0 Å². The molecule has 0 spiro atoms. The molecule has 0 atom stereocenters. The molecule has 1 aliphatic carbocycles. The summed E-state index contributed by atoms with van der Waals surface area (Å²) >= 11 is 0. The van der Waals surface area contributed by atoms with E-state index in [9.17, 15) is 9.18 Å². The number of hydrogen-bond acceptors (Lipinski definition) is 4. The van der Waals surface area contributed by atoms with Crippen molar-refractivity contribution in [3.8, 4) is 11.3 Å². The van der Waals surface area contributed by atoms with Gasteiger partial charge in [-0.05, 0) is 36.7 Å². The molecular weight excluding hydrogens is 403 g/mol. The van der Waals surface area contributed by atoms with Crippen LogP contribution in [0.3, 0.4) is 0 Å². The number of aromatic nitrogens is 1. The Morgan fingerprint density at radius 3 is 2.84 bits per heavy atom. The lowest BCUT2D eigenvalue weighted by molar-refractivity contribution is 0.263. The van der Waals surface area contributed by atoms with E-state index in [0.29, 0.717) is 18.5 Å². The highest BCUT2D eigenvalue weighted by Gasteiger charge is 2.21. The lowest BCUT2D eigenvalue weighted by atomic mass is 10.0. The van der Waals surface area contributed by atoms with Crippen molar-refractivity contribution in [3.63, 3.8) is 0 Å². The third-order valence-electron chi connectivity index (χ3n) is 6.30. The first-order valence-corrected chi connectivity index (χ1v) is 11.3. The second-order valence-corrected chi connectivity index (χ2v) is 8.35. The summed E-state index contributed by atoms with van der Waals surface area (Å²) in [7, 11) is 0. The van der Waals surface area contributed by atoms with Gasteiger partial charge < -0.3 is 9.88 Å². The number of anilines is 1. The molecule has 4 aliphatic rings. The van der Waals surface area contributed by atoms with Gasteiger partial charge in [0.05, 0.1) is 17.0 Å². The van der Waals surface area contributed by atoms with Crippen LogP contribution in [0.15, 0.2) is 64.4 Å². The van der Waals surface area contributed by atoms with Crippen LogP contribution in [0.5, 0.6) is 0 Å². The number of fused-ring (bicyclic) bond motifs is 2. The molecule has 1 saturated heterocycles. The third-order valence-corrected chi connectivity index (χ3v) is 6.30. The number of allylic oxidation sites excluding steroid dienone is 1. The quantitative estimate of drug-likeness (QED) is 0.663. The first-order valence-electron chi connectivity index (χ1n) is 11.3. The van der Waals surface area contributed by atoms with Crippen molar-refractivity contribution in [3.05, 3.63) is 76.1 Å². The number of nitrogens with zero attached hydrogens (tertiary/aromatic N) is 3. The van der Waals surface area contributed by atoms with E-state index in [1.54, 1.807) is 0 Å². The van der Waals surface area contributed by atoms with Crippen LogP contribution in [0.25, 0.3) is 17.3 Å². The summed E-state index contributed by atoms with van der Waals surface area (Å²) in [6.07, 6.45) is 5.77. The molecule has 1 fully saturated rings. The highest BCUT2D eigenvalue weighted by molar-refractivity contribution is 6.09. The number of aliphatic imine (C=N–C) groups is 1. The van der Waals surface area contributed by atoms with Crippen LogP contribution in [0, 0.1) is 0 Å². The molecule has 32 heavy (non-hydrogen) atoms. The smallest absolute Gasteiger partial charge is 0.258 e. The number of benzene rings is 1. The lowest BCUT2D eigenvalue weighted by Gasteiger charge is -2.24. The van der Waals surface area contributed by atoms with E-state index in [1.807, 2.05) is 30.3 Å². The van der Waals surface area contributed by atoms with Gasteiger partial charge >= 0.3 is 0 Å². The van der Waals surface area contributed by atoms with Crippen LogP contribution in [0.2, 0.25) is 0 Å². The molecule has 0 radical (unpaired) electrons. The number of halogens is 1. The highest BCUT2D eigenvalue weighted by Crippen LogP contribution is 2.32. The second kappa shape index (κ2) is 9.09. The van der Waals surface area contributed by atoms with E-state index < -0.39 is 0 Å². The maximum Gasteiger partial charge on any atom is 0.258 e. The zero-order valence-electron chi connectivity index (χ0n) is 18.1. The van der Waals surface area contributed by atoms with Crippen molar-refractivity contribution < 1.29 is 4.39 Å². The van der Waals surface area contributed by atoms with E-state index in [0.717, 1.165) is 66.5 Å². The molecule has 5 nitrogen and oxygen atoms in total. The van der Waals surface area contributed by atoms with Crippen LogP contribution in [-0.4, -0.2) is 55.0 Å². The molecule has 0 unspecified atom stereocenters. The van der Waals surface area contributed by atoms with Gasteiger partial charge in [-0.2, -0.15) is 0 Å². The third kappa shape index (κ3) is 4.10. The highest BCUT2D eigenvalue weighted by atomic mass is 19.1. The van der Waals surface area contributed by atoms with Crippen molar-refractivity contribution in [2.45, 2.75) is 12.8 Å². The minimum Gasteiger partial charge on any atom is -0.370 e. The monoisotopic (exact) mass is 430 g/mol. The van der Waals surface area contributed by atoms with Gasteiger partial charge in [0.15, 0.2) is 0 Å². The van der Waals surface area contributed by atoms with Crippen LogP contribution in [0.1, 0.15) is 24.0 Å². The average molecular weight is 431 g/mol. The van der Waals surface area contributed by atoms with E-state index in [-0.39, 0.29) is 12.2 Å². The van der Waals surface area contributed by atoms with Gasteiger partial charge in [0.25, 0.3) is 5.56 Å². The van der Waals surface area contributed by atoms with Crippen molar-refractivity contribution in [2.24, 2.45) is 4.99 Å². The summed E-state index contributed by atoms with van der Waals surface area (Å²) in [4.78, 5) is 25.3. The van der Waals surface area contributed by atoms with E-state index in [4.69, 9.17) is 4.99 Å². The van der Waals surface area contributed by atoms with Crippen LogP contribution < -0.4 is 10.5 Å². The maximum absolute atomic E-state index is 12.8. The van der Waals surface area contributed by atoms with Crippen molar-refractivity contribution >= 4 is 23.2 Å². The minimum absolute atomic E-state index is 0.0987. The zero-order valence-corrected chi connectivity index (χ0v) is 18.1. The summed E-state index contributed by atoms with van der Waals surface area (Å²) in [5.74, 6) is 0. The number of alkyl halides is 1. The van der Waals surface area contributed by atoms with Gasteiger partial charge in [0.2, 0.25) is 0 Å². The Bertz CT molecular complexity index is 1200. The summed E-state index contributed by atoms with van der Waals surface area (Å²) in [6.45, 7) is 3.82. The van der Waals surface area contributed by atoms with Crippen molar-refractivity contribution in [1.82, 2.24) is 9.88 Å². The summed E-state index contributed by atoms with van der Waals surface area (Å²) in [5.41, 5.74) is 6.10. The number of aromatic amines is 1. The van der Waals surface area contributed by atoms with Crippen molar-refractivity contribution in [1.29, 1.82) is 0 Å². The Morgan fingerprint density at radius 1 is 1.03 bits per heavy atom. The molecule has 3 aliphatic heterocycles. The Labute approximate surface area is 187 Å². The second-order valence-electron chi connectivity index (χ2n) is 8.35. The topological polar surface area (TPSA) is 51.7 Å². The number of rotatable bonds is 4. The molecule has 164 valence electrons. The van der Waals surface area contributed by atoms with Crippen LogP contribution >= 0.6 is 0 Å². The fourth-order valence-electron chi connectivity index (χ4n) is 4.65. The molecule has 3 heterocycles. The fourth-order valence-corrected chi connectivity index (χ4v) is 4.65. The number of hydrogen-bond donors (Lipinski definition) is 1. The lowest BCUT2D eigenvalue weighted by Crippen LogP contribution is -2.31. The van der Waals surface area contributed by atoms with Crippen LogP contribution in [-0.2, 0) is 0 Å². The first-order chi connectivity index (χ1) is 15.7. The molecule has 0 aromatic heterocycles.